The molecule has 5 nitrogen and oxygen atoms in total. The van der Waals surface area contributed by atoms with E-state index in [-0.39, 0.29) is 29.3 Å². The third-order valence-electron chi connectivity index (χ3n) is 3.05. The van der Waals surface area contributed by atoms with Gasteiger partial charge in [-0.15, -0.1) is 0 Å². The number of anilines is 1. The van der Waals surface area contributed by atoms with Crippen LogP contribution in [0.4, 0.5) is 19.0 Å². The van der Waals surface area contributed by atoms with Gasteiger partial charge in [-0.3, -0.25) is 0 Å². The van der Waals surface area contributed by atoms with E-state index in [4.69, 9.17) is 10.5 Å². The molecule has 116 valence electrons. The predicted molar refractivity (Wildman–Crippen MR) is 75.0 cm³/mol. The summed E-state index contributed by atoms with van der Waals surface area (Å²) in [6.45, 7) is 1.41. The third-order valence-corrected chi connectivity index (χ3v) is 3.05. The fourth-order valence-corrected chi connectivity index (χ4v) is 1.97. The van der Waals surface area contributed by atoms with Crippen molar-refractivity contribution in [1.82, 2.24) is 9.97 Å². The van der Waals surface area contributed by atoms with E-state index in [1.165, 1.54) is 18.2 Å². The Labute approximate surface area is 130 Å². The van der Waals surface area contributed by atoms with E-state index in [2.05, 4.69) is 15.3 Å². The van der Waals surface area contributed by atoms with Gasteiger partial charge >= 0.3 is 6.18 Å². The van der Waals surface area contributed by atoms with Crippen molar-refractivity contribution in [3.8, 4) is 12.1 Å². The van der Waals surface area contributed by atoms with Crippen LogP contribution in [0, 0.1) is 29.6 Å². The fraction of sp³-hybridized carbons (Fsp3) is 0.200. The summed E-state index contributed by atoms with van der Waals surface area (Å²) in [4.78, 5) is 7.85. The Kier molecular flexibility index (Phi) is 4.47. The molecule has 8 heteroatoms. The highest BCUT2D eigenvalue weighted by atomic mass is 19.4. The molecule has 2 rings (SSSR count). The van der Waals surface area contributed by atoms with Gasteiger partial charge in [-0.25, -0.2) is 9.97 Å². The lowest BCUT2D eigenvalue weighted by Crippen LogP contribution is -2.13. The monoisotopic (exact) mass is 317 g/mol. The third kappa shape index (κ3) is 3.55. The normalized spacial score (nSPS) is 10.7. The lowest BCUT2D eigenvalue weighted by atomic mass is 10.1. The molecule has 0 aliphatic rings. The van der Waals surface area contributed by atoms with Crippen molar-refractivity contribution in [2.75, 3.05) is 5.32 Å². The van der Waals surface area contributed by atoms with E-state index in [9.17, 15) is 13.2 Å². The standard InChI is InChI=1S/C15H10F3N5/c1-9-14(23-13(7-20)12(6-19)22-9)21-8-10-4-2-3-5-11(10)15(16,17)18/h2-5H,8H2,1H3,(H,21,23). The molecule has 1 heterocycles. The van der Waals surface area contributed by atoms with E-state index < -0.39 is 11.7 Å². The average molecular weight is 317 g/mol. The number of rotatable bonds is 3. The molecule has 0 spiro atoms. The molecule has 0 amide bonds. The summed E-state index contributed by atoms with van der Waals surface area (Å²) in [7, 11) is 0. The van der Waals surface area contributed by atoms with Crippen LogP contribution in [0.2, 0.25) is 0 Å². The highest BCUT2D eigenvalue weighted by molar-refractivity contribution is 5.48. The summed E-state index contributed by atoms with van der Waals surface area (Å²) in [5.74, 6) is 0.164. The maximum atomic E-state index is 12.9. The van der Waals surface area contributed by atoms with Gasteiger partial charge in [-0.1, -0.05) is 18.2 Å². The fourth-order valence-electron chi connectivity index (χ4n) is 1.97. The smallest absolute Gasteiger partial charge is 0.364 e. The summed E-state index contributed by atoms with van der Waals surface area (Å²) in [6, 6.07) is 8.64. The van der Waals surface area contributed by atoms with Gasteiger partial charge in [0.1, 0.15) is 18.0 Å². The molecular formula is C15H10F3N5. The maximum absolute atomic E-state index is 12.9. The van der Waals surface area contributed by atoms with Crippen molar-refractivity contribution in [2.45, 2.75) is 19.6 Å². The summed E-state index contributed by atoms with van der Waals surface area (Å²) in [6.07, 6.45) is -4.46. The number of hydrogen-bond donors (Lipinski definition) is 1. The van der Waals surface area contributed by atoms with Crippen LogP contribution in [-0.4, -0.2) is 9.97 Å². The Morgan fingerprint density at radius 2 is 1.70 bits per heavy atom. The molecule has 0 saturated carbocycles. The predicted octanol–water partition coefficient (Wildman–Crippen LogP) is 3.16. The minimum absolute atomic E-state index is 0.0454. The number of aromatic nitrogens is 2. The minimum Gasteiger partial charge on any atom is -0.364 e. The number of nitrogens with zero attached hydrogens (tertiary/aromatic N) is 4. The average Bonchev–Trinajstić information content (AvgIpc) is 2.52. The summed E-state index contributed by atoms with van der Waals surface area (Å²) in [5, 5.41) is 20.5. The molecule has 0 saturated heterocycles. The molecule has 1 N–H and O–H groups in total. The molecular weight excluding hydrogens is 307 g/mol. The van der Waals surface area contributed by atoms with Crippen molar-refractivity contribution in [2.24, 2.45) is 0 Å². The van der Waals surface area contributed by atoms with E-state index >= 15 is 0 Å². The Bertz CT molecular complexity index is 815. The Morgan fingerprint density at radius 3 is 2.30 bits per heavy atom. The second-order valence-electron chi connectivity index (χ2n) is 4.59. The molecule has 1 aromatic carbocycles. The molecule has 0 radical (unpaired) electrons. The number of benzene rings is 1. The van der Waals surface area contributed by atoms with Crippen LogP contribution in [0.1, 0.15) is 28.2 Å². The molecule has 1 aromatic heterocycles. The van der Waals surface area contributed by atoms with Crippen LogP contribution in [0.3, 0.4) is 0 Å². The topological polar surface area (TPSA) is 85.4 Å². The zero-order valence-corrected chi connectivity index (χ0v) is 11.9. The molecule has 0 unspecified atom stereocenters. The Morgan fingerprint density at radius 1 is 1.09 bits per heavy atom. The molecule has 2 aromatic rings. The Balaban J connectivity index is 2.30. The molecule has 0 bridgehead atoms. The van der Waals surface area contributed by atoms with Gasteiger partial charge in [0, 0.05) is 6.54 Å². The SMILES string of the molecule is Cc1nc(C#N)c(C#N)nc1NCc1ccccc1C(F)(F)F. The number of aryl methyl sites for hydroxylation is 1. The van der Waals surface area contributed by atoms with E-state index in [1.54, 1.807) is 19.1 Å². The highest BCUT2D eigenvalue weighted by Gasteiger charge is 2.32. The van der Waals surface area contributed by atoms with Gasteiger partial charge < -0.3 is 5.32 Å². The van der Waals surface area contributed by atoms with Gasteiger partial charge in [0.25, 0.3) is 0 Å². The van der Waals surface area contributed by atoms with Crippen LogP contribution >= 0.6 is 0 Å². The summed E-state index contributed by atoms with van der Waals surface area (Å²) >= 11 is 0. The minimum atomic E-state index is -4.46. The van der Waals surface area contributed by atoms with Crippen LogP contribution < -0.4 is 5.32 Å². The van der Waals surface area contributed by atoms with E-state index in [0.29, 0.717) is 5.69 Å². The first-order valence-electron chi connectivity index (χ1n) is 6.44. The first-order chi connectivity index (χ1) is 10.9. The highest BCUT2D eigenvalue weighted by Crippen LogP contribution is 2.32. The zero-order chi connectivity index (χ0) is 17.0. The Hall–Kier alpha value is -3.13. The van der Waals surface area contributed by atoms with Crippen molar-refractivity contribution >= 4 is 5.82 Å². The second-order valence-corrected chi connectivity index (χ2v) is 4.59. The molecule has 0 aliphatic carbocycles. The molecule has 0 fully saturated rings. The van der Waals surface area contributed by atoms with Gasteiger partial charge in [0.05, 0.1) is 11.3 Å². The van der Waals surface area contributed by atoms with Gasteiger partial charge in [-0.2, -0.15) is 23.7 Å². The molecule has 0 aliphatic heterocycles. The number of nitrogens with one attached hydrogen (secondary N) is 1. The zero-order valence-electron chi connectivity index (χ0n) is 11.9. The summed E-state index contributed by atoms with van der Waals surface area (Å²) < 4.78 is 38.8. The van der Waals surface area contributed by atoms with Crippen LogP contribution in [-0.2, 0) is 12.7 Å². The van der Waals surface area contributed by atoms with Gasteiger partial charge in [-0.05, 0) is 18.6 Å². The van der Waals surface area contributed by atoms with Crippen molar-refractivity contribution in [3.63, 3.8) is 0 Å². The number of alkyl halides is 3. The maximum Gasteiger partial charge on any atom is 0.416 e. The van der Waals surface area contributed by atoms with Crippen molar-refractivity contribution in [3.05, 3.63) is 52.5 Å². The van der Waals surface area contributed by atoms with Crippen molar-refractivity contribution in [1.29, 1.82) is 10.5 Å². The van der Waals surface area contributed by atoms with Gasteiger partial charge in [0.2, 0.25) is 0 Å². The number of nitriles is 2. The van der Waals surface area contributed by atoms with E-state index in [0.717, 1.165) is 6.07 Å². The van der Waals surface area contributed by atoms with Crippen LogP contribution in [0.25, 0.3) is 0 Å². The lowest BCUT2D eigenvalue weighted by Gasteiger charge is -2.14. The van der Waals surface area contributed by atoms with Crippen molar-refractivity contribution < 1.29 is 13.2 Å². The number of hydrogen-bond acceptors (Lipinski definition) is 5. The quantitative estimate of drug-likeness (QED) is 0.940. The first-order valence-corrected chi connectivity index (χ1v) is 6.44. The van der Waals surface area contributed by atoms with Crippen LogP contribution in [0.15, 0.2) is 24.3 Å². The van der Waals surface area contributed by atoms with E-state index in [1.807, 2.05) is 0 Å². The van der Waals surface area contributed by atoms with Crippen LogP contribution in [0.5, 0.6) is 0 Å². The largest absolute Gasteiger partial charge is 0.416 e. The molecule has 23 heavy (non-hydrogen) atoms. The summed E-state index contributed by atoms with van der Waals surface area (Å²) in [5.41, 5.74) is -0.669. The second kappa shape index (κ2) is 6.32. The molecule has 0 atom stereocenters. The number of halogens is 3. The first kappa shape index (κ1) is 16.2. The lowest BCUT2D eigenvalue weighted by molar-refractivity contribution is -0.138. The van der Waals surface area contributed by atoms with Gasteiger partial charge in [0.15, 0.2) is 11.4 Å².